The number of aliphatic hydroxyl groups is 1. The molecule has 0 bridgehead atoms. The monoisotopic (exact) mass is 459 g/mol. The number of rotatable bonds is 8. The summed E-state index contributed by atoms with van der Waals surface area (Å²) in [6.45, 7) is 5.48. The third-order valence-electron chi connectivity index (χ3n) is 5.51. The molecule has 5 atom stereocenters. The Morgan fingerprint density at radius 1 is 1.28 bits per heavy atom. The summed E-state index contributed by atoms with van der Waals surface area (Å²) in [5.74, 6) is -0.596. The SMILES string of the molecule is C=C[C@@]1(SC)[C@H](OC(=O)c2ccccc2)[C@@H](O)[C@H](OCc2ccccc2[N+](=O)[O-])O[C@@H]1C. The molecular formula is C23H25NO7S. The Morgan fingerprint density at radius 3 is 2.56 bits per heavy atom. The Labute approximate surface area is 190 Å². The van der Waals surface area contributed by atoms with Crippen molar-refractivity contribution in [2.45, 2.75) is 42.9 Å². The Hall–Kier alpha value is -2.72. The van der Waals surface area contributed by atoms with Gasteiger partial charge in [-0.2, -0.15) is 0 Å². The van der Waals surface area contributed by atoms with Gasteiger partial charge in [-0.1, -0.05) is 36.4 Å². The number of carbonyl (C=O) groups excluding carboxylic acids is 1. The highest BCUT2D eigenvalue weighted by Crippen LogP contribution is 2.43. The van der Waals surface area contributed by atoms with Crippen LogP contribution in [0.15, 0.2) is 67.3 Å². The van der Waals surface area contributed by atoms with Gasteiger partial charge in [0.2, 0.25) is 0 Å². The number of thioether (sulfide) groups is 1. The molecule has 2 aromatic carbocycles. The van der Waals surface area contributed by atoms with Crippen LogP contribution in [0.4, 0.5) is 5.69 Å². The molecule has 9 heteroatoms. The lowest BCUT2D eigenvalue weighted by Gasteiger charge is -2.49. The minimum absolute atomic E-state index is 0.0949. The summed E-state index contributed by atoms with van der Waals surface area (Å²) >= 11 is 1.35. The first-order valence-corrected chi connectivity index (χ1v) is 11.2. The Morgan fingerprint density at radius 2 is 1.94 bits per heavy atom. The van der Waals surface area contributed by atoms with Crippen molar-refractivity contribution in [3.05, 3.63) is 88.5 Å². The lowest BCUT2D eigenvalue weighted by Crippen LogP contribution is -2.64. The number of para-hydroxylation sites is 1. The predicted molar refractivity (Wildman–Crippen MR) is 120 cm³/mol. The van der Waals surface area contributed by atoms with Gasteiger partial charge < -0.3 is 19.3 Å². The van der Waals surface area contributed by atoms with Crippen molar-refractivity contribution in [3.63, 3.8) is 0 Å². The average Bonchev–Trinajstić information content (AvgIpc) is 2.81. The number of esters is 1. The molecule has 1 aliphatic rings. The zero-order valence-corrected chi connectivity index (χ0v) is 18.6. The van der Waals surface area contributed by atoms with E-state index in [1.807, 2.05) is 6.26 Å². The summed E-state index contributed by atoms with van der Waals surface area (Å²) in [6.07, 6.45) is -0.672. The van der Waals surface area contributed by atoms with Crippen LogP contribution in [-0.4, -0.2) is 51.6 Å². The summed E-state index contributed by atoms with van der Waals surface area (Å²) in [5.41, 5.74) is 0.585. The van der Waals surface area contributed by atoms with E-state index in [-0.39, 0.29) is 12.3 Å². The fraction of sp³-hybridized carbons (Fsp3) is 0.348. The Kier molecular flexibility index (Phi) is 7.68. The molecule has 1 N–H and O–H groups in total. The number of nitrogens with zero attached hydrogens (tertiary/aromatic N) is 1. The molecular weight excluding hydrogens is 434 g/mol. The Balaban J connectivity index is 1.84. The van der Waals surface area contributed by atoms with Crippen molar-refractivity contribution in [2.24, 2.45) is 0 Å². The fourth-order valence-corrected chi connectivity index (χ4v) is 4.69. The van der Waals surface area contributed by atoms with Gasteiger partial charge in [-0.3, -0.25) is 10.1 Å². The van der Waals surface area contributed by atoms with Crippen LogP contribution in [0.3, 0.4) is 0 Å². The van der Waals surface area contributed by atoms with Gasteiger partial charge in [-0.25, -0.2) is 4.79 Å². The number of ether oxygens (including phenoxy) is 3. The van der Waals surface area contributed by atoms with Crippen molar-refractivity contribution < 1.29 is 29.0 Å². The van der Waals surface area contributed by atoms with E-state index in [0.29, 0.717) is 11.1 Å². The van der Waals surface area contributed by atoms with Gasteiger partial charge in [-0.05, 0) is 31.4 Å². The second kappa shape index (κ2) is 10.3. The van der Waals surface area contributed by atoms with E-state index in [4.69, 9.17) is 14.2 Å². The average molecular weight is 460 g/mol. The van der Waals surface area contributed by atoms with Gasteiger partial charge in [-0.15, -0.1) is 18.3 Å². The van der Waals surface area contributed by atoms with Crippen LogP contribution < -0.4 is 0 Å². The summed E-state index contributed by atoms with van der Waals surface area (Å²) in [6, 6.07) is 14.6. The standard InChI is InChI=1S/C23H25NO7S/c1-4-23(32-3)15(2)30-22(29-14-17-12-8-9-13-18(17)24(27)28)19(25)20(23)31-21(26)16-10-6-5-7-11-16/h4-13,15,19-20,22,25H,1,14H2,2-3H3/t15-,19-,20-,22-,23+/m1/s1. The van der Waals surface area contributed by atoms with Crippen LogP contribution >= 0.6 is 11.8 Å². The maximum Gasteiger partial charge on any atom is 0.338 e. The second-order valence-electron chi connectivity index (χ2n) is 7.29. The minimum atomic E-state index is -1.35. The molecule has 0 amide bonds. The maximum atomic E-state index is 12.8. The molecule has 1 fully saturated rings. The van der Waals surface area contributed by atoms with E-state index in [1.165, 1.54) is 17.8 Å². The summed E-state index contributed by atoms with van der Waals surface area (Å²) in [5, 5.41) is 22.3. The highest BCUT2D eigenvalue weighted by Gasteiger charge is 2.55. The summed E-state index contributed by atoms with van der Waals surface area (Å²) in [4.78, 5) is 23.5. The van der Waals surface area contributed by atoms with Gasteiger partial charge in [0.25, 0.3) is 5.69 Å². The molecule has 1 heterocycles. The fourth-order valence-electron chi connectivity index (χ4n) is 3.72. The smallest absolute Gasteiger partial charge is 0.338 e. The molecule has 170 valence electrons. The molecule has 0 unspecified atom stereocenters. The number of nitro groups is 1. The Bertz CT molecular complexity index is 970. The second-order valence-corrected chi connectivity index (χ2v) is 8.40. The third-order valence-corrected chi connectivity index (χ3v) is 6.95. The molecule has 0 spiro atoms. The molecule has 0 radical (unpaired) electrons. The van der Waals surface area contributed by atoms with E-state index in [2.05, 4.69) is 6.58 Å². The first-order valence-electron chi connectivity index (χ1n) is 9.96. The number of hydrogen-bond donors (Lipinski definition) is 1. The minimum Gasteiger partial charge on any atom is -0.454 e. The van der Waals surface area contributed by atoms with Crippen molar-refractivity contribution >= 4 is 23.4 Å². The molecule has 0 aliphatic carbocycles. The van der Waals surface area contributed by atoms with Crippen molar-refractivity contribution in [1.29, 1.82) is 0 Å². The zero-order valence-electron chi connectivity index (χ0n) is 17.7. The number of nitro benzene ring substituents is 1. The first kappa shape index (κ1) is 23.9. The van der Waals surface area contributed by atoms with E-state index >= 15 is 0 Å². The van der Waals surface area contributed by atoms with Crippen LogP contribution in [0.2, 0.25) is 0 Å². The van der Waals surface area contributed by atoms with Crippen LogP contribution in [0.1, 0.15) is 22.8 Å². The molecule has 1 saturated heterocycles. The predicted octanol–water partition coefficient (Wildman–Crippen LogP) is 3.73. The number of benzene rings is 2. The molecule has 2 aromatic rings. The zero-order chi connectivity index (χ0) is 23.3. The summed E-state index contributed by atoms with van der Waals surface area (Å²) < 4.78 is 16.5. The van der Waals surface area contributed by atoms with E-state index < -0.39 is 40.2 Å². The molecule has 32 heavy (non-hydrogen) atoms. The normalized spacial score (nSPS) is 27.5. The quantitative estimate of drug-likeness (QED) is 0.275. The highest BCUT2D eigenvalue weighted by molar-refractivity contribution is 8.00. The topological polar surface area (TPSA) is 108 Å². The third kappa shape index (κ3) is 4.71. The number of aliphatic hydroxyl groups excluding tert-OH is 1. The molecule has 0 saturated carbocycles. The largest absolute Gasteiger partial charge is 0.454 e. The maximum absolute atomic E-state index is 12.8. The van der Waals surface area contributed by atoms with Crippen LogP contribution in [0, 0.1) is 10.1 Å². The van der Waals surface area contributed by atoms with Crippen molar-refractivity contribution in [1.82, 2.24) is 0 Å². The van der Waals surface area contributed by atoms with Gasteiger partial charge in [0.1, 0.15) is 6.10 Å². The highest BCUT2D eigenvalue weighted by atomic mass is 32.2. The molecule has 3 rings (SSSR count). The molecule has 0 aromatic heterocycles. The summed E-state index contributed by atoms with van der Waals surface area (Å²) in [7, 11) is 0. The van der Waals surface area contributed by atoms with Gasteiger partial charge in [0, 0.05) is 6.07 Å². The number of carbonyl (C=O) groups is 1. The lowest BCUT2D eigenvalue weighted by molar-refractivity contribution is -0.386. The van der Waals surface area contributed by atoms with Crippen molar-refractivity contribution in [2.75, 3.05) is 6.26 Å². The lowest BCUT2D eigenvalue weighted by atomic mass is 9.88. The van der Waals surface area contributed by atoms with Gasteiger partial charge >= 0.3 is 5.97 Å². The van der Waals surface area contributed by atoms with Crippen molar-refractivity contribution in [3.8, 4) is 0 Å². The van der Waals surface area contributed by atoms with Crippen LogP contribution in [0.25, 0.3) is 0 Å². The van der Waals surface area contributed by atoms with E-state index in [0.717, 1.165) is 0 Å². The van der Waals surface area contributed by atoms with Crippen LogP contribution in [0.5, 0.6) is 0 Å². The van der Waals surface area contributed by atoms with E-state index in [1.54, 1.807) is 61.5 Å². The van der Waals surface area contributed by atoms with Gasteiger partial charge in [0.15, 0.2) is 12.4 Å². The molecule has 8 nitrogen and oxygen atoms in total. The van der Waals surface area contributed by atoms with Crippen LogP contribution in [-0.2, 0) is 20.8 Å². The molecule has 1 aliphatic heterocycles. The van der Waals surface area contributed by atoms with Gasteiger partial charge in [0.05, 0.1) is 33.5 Å². The first-order chi connectivity index (χ1) is 15.3. The van der Waals surface area contributed by atoms with E-state index in [9.17, 15) is 20.0 Å². The number of hydrogen-bond acceptors (Lipinski definition) is 8.